The maximum Gasteiger partial charge on any atom is 0.0351 e. The van der Waals surface area contributed by atoms with E-state index in [4.69, 9.17) is 11.6 Å². The van der Waals surface area contributed by atoms with Gasteiger partial charge >= 0.3 is 0 Å². The third-order valence-corrected chi connectivity index (χ3v) is 4.78. The van der Waals surface area contributed by atoms with E-state index in [1.807, 2.05) is 0 Å². The SMILES string of the molecule is ClCCN1C[C@@H]2[C@H]3CC[C@@H](C3)[C@H]2C1. The van der Waals surface area contributed by atoms with Crippen molar-refractivity contribution in [2.75, 3.05) is 25.5 Å². The first-order valence-electron chi connectivity index (χ1n) is 5.67. The van der Waals surface area contributed by atoms with Crippen molar-refractivity contribution in [3.8, 4) is 0 Å². The summed E-state index contributed by atoms with van der Waals surface area (Å²) in [6.07, 6.45) is 4.62. The van der Waals surface area contributed by atoms with E-state index >= 15 is 0 Å². The third-order valence-electron chi connectivity index (χ3n) is 4.61. The molecule has 0 spiro atoms. The number of rotatable bonds is 2. The van der Waals surface area contributed by atoms with Crippen molar-refractivity contribution in [1.29, 1.82) is 0 Å². The normalized spacial score (nSPS) is 48.7. The molecule has 2 heteroatoms. The van der Waals surface area contributed by atoms with Gasteiger partial charge in [-0.1, -0.05) is 0 Å². The molecule has 0 unspecified atom stereocenters. The van der Waals surface area contributed by atoms with Crippen LogP contribution in [-0.2, 0) is 0 Å². The van der Waals surface area contributed by atoms with Gasteiger partial charge in [-0.05, 0) is 42.9 Å². The van der Waals surface area contributed by atoms with E-state index in [0.29, 0.717) is 0 Å². The molecule has 3 aliphatic rings. The van der Waals surface area contributed by atoms with Crippen LogP contribution in [0.25, 0.3) is 0 Å². The summed E-state index contributed by atoms with van der Waals surface area (Å²) in [5.74, 6) is 5.11. The number of hydrogen-bond acceptors (Lipinski definition) is 1. The first kappa shape index (κ1) is 8.55. The van der Waals surface area contributed by atoms with E-state index in [9.17, 15) is 0 Å². The molecule has 1 heterocycles. The van der Waals surface area contributed by atoms with Crippen LogP contribution in [0.15, 0.2) is 0 Å². The molecule has 0 radical (unpaired) electrons. The average Bonchev–Trinajstić information content (AvgIpc) is 2.72. The highest BCUT2D eigenvalue weighted by Gasteiger charge is 2.51. The van der Waals surface area contributed by atoms with Crippen LogP contribution < -0.4 is 0 Å². The monoisotopic (exact) mass is 199 g/mol. The molecule has 0 aromatic carbocycles. The second kappa shape index (κ2) is 3.13. The molecule has 74 valence electrons. The summed E-state index contributed by atoms with van der Waals surface area (Å²) in [5.41, 5.74) is 0. The van der Waals surface area contributed by atoms with Crippen LogP contribution in [0.3, 0.4) is 0 Å². The summed E-state index contributed by atoms with van der Waals surface area (Å²) in [6.45, 7) is 3.84. The molecule has 0 amide bonds. The fourth-order valence-corrected chi connectivity index (χ4v) is 4.31. The Bertz CT molecular complexity index is 188. The molecule has 4 atom stereocenters. The molecule has 3 fully saturated rings. The van der Waals surface area contributed by atoms with Gasteiger partial charge in [0.05, 0.1) is 0 Å². The van der Waals surface area contributed by atoms with Crippen LogP contribution in [-0.4, -0.2) is 30.4 Å². The summed E-state index contributed by atoms with van der Waals surface area (Å²) < 4.78 is 0. The second-order valence-corrected chi connectivity index (χ2v) is 5.49. The maximum absolute atomic E-state index is 5.78. The largest absolute Gasteiger partial charge is 0.302 e. The quantitative estimate of drug-likeness (QED) is 0.617. The summed E-state index contributed by atoms with van der Waals surface area (Å²) in [4.78, 5) is 2.59. The highest BCUT2D eigenvalue weighted by molar-refractivity contribution is 6.18. The van der Waals surface area contributed by atoms with Gasteiger partial charge in [-0.25, -0.2) is 0 Å². The van der Waals surface area contributed by atoms with Gasteiger partial charge in [0, 0.05) is 25.5 Å². The summed E-state index contributed by atoms with van der Waals surface area (Å²) in [6, 6.07) is 0. The van der Waals surface area contributed by atoms with Crippen LogP contribution in [0.2, 0.25) is 0 Å². The zero-order chi connectivity index (χ0) is 8.84. The minimum atomic E-state index is 0.814. The summed E-state index contributed by atoms with van der Waals surface area (Å²) >= 11 is 5.78. The maximum atomic E-state index is 5.78. The van der Waals surface area contributed by atoms with Crippen molar-refractivity contribution in [1.82, 2.24) is 4.90 Å². The Morgan fingerprint density at radius 1 is 1.08 bits per heavy atom. The topological polar surface area (TPSA) is 3.24 Å². The smallest absolute Gasteiger partial charge is 0.0351 e. The van der Waals surface area contributed by atoms with Crippen LogP contribution >= 0.6 is 11.6 Å². The van der Waals surface area contributed by atoms with Crippen molar-refractivity contribution >= 4 is 11.6 Å². The molecular formula is C11H18ClN. The molecule has 13 heavy (non-hydrogen) atoms. The molecule has 0 aromatic rings. The first-order valence-corrected chi connectivity index (χ1v) is 6.20. The van der Waals surface area contributed by atoms with Crippen LogP contribution in [0.5, 0.6) is 0 Å². The van der Waals surface area contributed by atoms with Crippen molar-refractivity contribution in [3.63, 3.8) is 0 Å². The Morgan fingerprint density at radius 3 is 2.23 bits per heavy atom. The molecule has 0 aromatic heterocycles. The number of fused-ring (bicyclic) bond motifs is 5. The number of hydrogen-bond donors (Lipinski definition) is 0. The summed E-state index contributed by atoms with van der Waals surface area (Å²) in [5, 5.41) is 0. The van der Waals surface area contributed by atoms with E-state index in [0.717, 1.165) is 36.1 Å². The predicted molar refractivity (Wildman–Crippen MR) is 55.0 cm³/mol. The summed E-state index contributed by atoms with van der Waals surface area (Å²) in [7, 11) is 0. The molecule has 3 rings (SSSR count). The van der Waals surface area contributed by atoms with Crippen LogP contribution in [0.1, 0.15) is 19.3 Å². The lowest BCUT2D eigenvalue weighted by Gasteiger charge is -2.22. The Balaban J connectivity index is 1.69. The van der Waals surface area contributed by atoms with E-state index in [2.05, 4.69) is 4.90 Å². The van der Waals surface area contributed by atoms with Crippen molar-refractivity contribution in [2.24, 2.45) is 23.7 Å². The van der Waals surface area contributed by atoms with Crippen LogP contribution in [0.4, 0.5) is 0 Å². The highest BCUT2D eigenvalue weighted by Crippen LogP contribution is 2.54. The van der Waals surface area contributed by atoms with Gasteiger partial charge in [0.1, 0.15) is 0 Å². The molecule has 0 N–H and O–H groups in total. The van der Waals surface area contributed by atoms with Gasteiger partial charge in [0.25, 0.3) is 0 Å². The lowest BCUT2D eigenvalue weighted by atomic mass is 9.82. The zero-order valence-electron chi connectivity index (χ0n) is 8.08. The van der Waals surface area contributed by atoms with Gasteiger partial charge < -0.3 is 4.90 Å². The number of nitrogens with zero attached hydrogens (tertiary/aromatic N) is 1. The number of likely N-dealkylation sites (tertiary alicyclic amines) is 1. The van der Waals surface area contributed by atoms with E-state index in [1.165, 1.54) is 25.9 Å². The Hall–Kier alpha value is 0.250. The lowest BCUT2D eigenvalue weighted by molar-refractivity contribution is 0.281. The lowest BCUT2D eigenvalue weighted by Crippen LogP contribution is -2.24. The zero-order valence-corrected chi connectivity index (χ0v) is 8.84. The van der Waals surface area contributed by atoms with Crippen LogP contribution in [0, 0.1) is 23.7 Å². The van der Waals surface area contributed by atoms with Crippen molar-refractivity contribution in [3.05, 3.63) is 0 Å². The molecule has 2 aliphatic carbocycles. The minimum absolute atomic E-state index is 0.814. The minimum Gasteiger partial charge on any atom is -0.302 e. The average molecular weight is 200 g/mol. The van der Waals surface area contributed by atoms with Crippen molar-refractivity contribution in [2.45, 2.75) is 19.3 Å². The van der Waals surface area contributed by atoms with Crippen molar-refractivity contribution < 1.29 is 0 Å². The number of halogens is 1. The fraction of sp³-hybridized carbons (Fsp3) is 1.00. The second-order valence-electron chi connectivity index (χ2n) is 5.11. The molecular weight excluding hydrogens is 182 g/mol. The first-order chi connectivity index (χ1) is 6.38. The van der Waals surface area contributed by atoms with E-state index in [-0.39, 0.29) is 0 Å². The van der Waals surface area contributed by atoms with Gasteiger partial charge in [0.15, 0.2) is 0 Å². The predicted octanol–water partition coefficient (Wildman–Crippen LogP) is 2.20. The van der Waals surface area contributed by atoms with E-state index < -0.39 is 0 Å². The fourth-order valence-electron chi connectivity index (χ4n) is 4.07. The van der Waals surface area contributed by atoms with Gasteiger partial charge in [-0.3, -0.25) is 0 Å². The molecule has 2 saturated carbocycles. The van der Waals surface area contributed by atoms with E-state index in [1.54, 1.807) is 6.42 Å². The molecule has 1 nitrogen and oxygen atoms in total. The number of alkyl halides is 1. The third kappa shape index (κ3) is 1.24. The standard InChI is InChI=1S/C11H18ClN/c12-3-4-13-6-10-8-1-2-9(5-8)11(10)7-13/h8-11H,1-7H2/t8-,9-,10+,11+/m0/s1. The highest BCUT2D eigenvalue weighted by atomic mass is 35.5. The molecule has 1 aliphatic heterocycles. The molecule has 1 saturated heterocycles. The Morgan fingerprint density at radius 2 is 1.69 bits per heavy atom. The van der Waals surface area contributed by atoms with Gasteiger partial charge in [-0.2, -0.15) is 0 Å². The van der Waals surface area contributed by atoms with Gasteiger partial charge in [-0.15, -0.1) is 11.6 Å². The Kier molecular flexibility index (Phi) is 2.06. The Labute approximate surface area is 85.4 Å². The molecule has 2 bridgehead atoms. The van der Waals surface area contributed by atoms with Gasteiger partial charge in [0.2, 0.25) is 0 Å².